The summed E-state index contributed by atoms with van der Waals surface area (Å²) >= 11 is 0. The van der Waals surface area contributed by atoms with Crippen LogP contribution in [0.25, 0.3) is 0 Å². The Balaban J connectivity index is 4.25. The van der Waals surface area contributed by atoms with Crippen LogP contribution in [-0.2, 0) is 28.6 Å². The van der Waals surface area contributed by atoms with Crippen molar-refractivity contribution in [3.63, 3.8) is 0 Å². The Labute approximate surface area is 368 Å². The molecule has 0 N–H and O–H groups in total. The quantitative estimate of drug-likeness (QED) is 0.0345. The number of carbonyl (C=O) groups excluding carboxylic acids is 3. The number of rotatable bonds is 48. The molecule has 6 heteroatoms. The van der Waals surface area contributed by atoms with E-state index in [1.165, 1.54) is 193 Å². The Kier molecular flexibility index (Phi) is 46.2. The van der Waals surface area contributed by atoms with E-state index >= 15 is 0 Å². The summed E-state index contributed by atoms with van der Waals surface area (Å²) in [5, 5.41) is 0. The molecule has 0 aliphatic carbocycles. The van der Waals surface area contributed by atoms with Gasteiger partial charge in [0.15, 0.2) is 6.10 Å². The molecule has 350 valence electrons. The van der Waals surface area contributed by atoms with E-state index in [-0.39, 0.29) is 31.1 Å². The smallest absolute Gasteiger partial charge is 0.306 e. The van der Waals surface area contributed by atoms with Crippen LogP contribution in [0.4, 0.5) is 0 Å². The van der Waals surface area contributed by atoms with Gasteiger partial charge in [0.1, 0.15) is 13.2 Å². The van der Waals surface area contributed by atoms with E-state index in [0.717, 1.165) is 63.7 Å². The van der Waals surface area contributed by atoms with Crippen molar-refractivity contribution in [3.05, 3.63) is 0 Å². The minimum Gasteiger partial charge on any atom is -0.462 e. The molecule has 0 saturated heterocycles. The van der Waals surface area contributed by atoms with Crippen molar-refractivity contribution in [1.82, 2.24) is 0 Å². The van der Waals surface area contributed by atoms with Gasteiger partial charge in [-0.1, -0.05) is 259 Å². The third-order valence-corrected chi connectivity index (χ3v) is 12.0. The molecule has 0 rings (SSSR count). The van der Waals surface area contributed by atoms with Crippen molar-refractivity contribution in [2.75, 3.05) is 13.2 Å². The minimum absolute atomic E-state index is 0.0628. The molecule has 0 amide bonds. The lowest BCUT2D eigenvalue weighted by Gasteiger charge is -2.18. The van der Waals surface area contributed by atoms with Gasteiger partial charge in [0.05, 0.1) is 0 Å². The summed E-state index contributed by atoms with van der Waals surface area (Å²) in [6, 6.07) is 0. The van der Waals surface area contributed by atoms with Gasteiger partial charge in [-0.25, -0.2) is 0 Å². The molecule has 0 aromatic heterocycles. The molecule has 0 aromatic carbocycles. The first-order valence-corrected chi connectivity index (χ1v) is 26.4. The zero-order valence-corrected chi connectivity index (χ0v) is 40.2. The predicted octanol–water partition coefficient (Wildman–Crippen LogP) is 17.1. The van der Waals surface area contributed by atoms with Gasteiger partial charge < -0.3 is 14.2 Å². The minimum atomic E-state index is -0.760. The zero-order chi connectivity index (χ0) is 43.1. The number of ether oxygens (including phenoxy) is 3. The molecule has 0 aliphatic rings. The zero-order valence-electron chi connectivity index (χ0n) is 40.2. The Morgan fingerprint density at radius 2 is 0.559 bits per heavy atom. The van der Waals surface area contributed by atoms with Crippen LogP contribution in [0, 0.1) is 5.92 Å². The van der Waals surface area contributed by atoms with E-state index in [4.69, 9.17) is 14.2 Å². The second-order valence-corrected chi connectivity index (χ2v) is 18.6. The average molecular weight is 835 g/mol. The second-order valence-electron chi connectivity index (χ2n) is 18.6. The summed E-state index contributed by atoms with van der Waals surface area (Å²) in [7, 11) is 0. The normalized spacial score (nSPS) is 11.9. The second kappa shape index (κ2) is 47.5. The summed E-state index contributed by atoms with van der Waals surface area (Å²) in [5.41, 5.74) is 0. The van der Waals surface area contributed by atoms with Crippen LogP contribution in [0.2, 0.25) is 0 Å². The van der Waals surface area contributed by atoms with Crippen LogP contribution in [0.3, 0.4) is 0 Å². The van der Waals surface area contributed by atoms with Crippen molar-refractivity contribution in [3.8, 4) is 0 Å². The molecule has 0 bridgehead atoms. The Morgan fingerprint density at radius 1 is 0.322 bits per heavy atom. The molecule has 0 aromatic rings. The Bertz CT molecular complexity index is 887. The topological polar surface area (TPSA) is 78.9 Å². The fraction of sp³-hybridized carbons (Fsp3) is 0.943. The van der Waals surface area contributed by atoms with Crippen LogP contribution in [-0.4, -0.2) is 37.2 Å². The number of unbranched alkanes of at least 4 members (excludes halogenated alkanes) is 35. The molecular weight excluding hydrogens is 733 g/mol. The SMILES string of the molecule is CCCCCCCCCCCCCCCCCCCC(=O)O[C@H](COC(=O)CCCCCCCCCCC)COC(=O)CCCCCCCCCCCCCCC(C)C. The van der Waals surface area contributed by atoms with Crippen LogP contribution >= 0.6 is 0 Å². The lowest BCUT2D eigenvalue weighted by Crippen LogP contribution is -2.30. The summed E-state index contributed by atoms with van der Waals surface area (Å²) in [6.45, 7) is 9.02. The number of esters is 3. The first-order valence-electron chi connectivity index (χ1n) is 26.4. The Hall–Kier alpha value is -1.59. The third kappa shape index (κ3) is 47.3. The number of hydrogen-bond donors (Lipinski definition) is 0. The van der Waals surface area contributed by atoms with Gasteiger partial charge in [-0.3, -0.25) is 14.4 Å². The van der Waals surface area contributed by atoms with E-state index in [0.29, 0.717) is 19.3 Å². The van der Waals surface area contributed by atoms with Gasteiger partial charge in [-0.15, -0.1) is 0 Å². The van der Waals surface area contributed by atoms with E-state index < -0.39 is 6.10 Å². The van der Waals surface area contributed by atoms with Gasteiger partial charge in [-0.2, -0.15) is 0 Å². The first-order chi connectivity index (χ1) is 28.9. The molecule has 0 aliphatic heterocycles. The van der Waals surface area contributed by atoms with Gasteiger partial charge >= 0.3 is 17.9 Å². The molecule has 0 unspecified atom stereocenters. The van der Waals surface area contributed by atoms with E-state index in [2.05, 4.69) is 27.7 Å². The standard InChI is InChI=1S/C53H102O6/c1-5-7-9-11-13-15-16-17-18-19-20-21-26-30-34-38-42-46-53(56)59-50(47-57-51(54)44-40-36-32-27-14-12-10-8-6-2)48-58-52(55)45-41-37-33-29-25-23-22-24-28-31-35-39-43-49(3)4/h49-50H,5-48H2,1-4H3/t50-/m1/s1. The maximum absolute atomic E-state index is 12.8. The Morgan fingerprint density at radius 3 is 0.831 bits per heavy atom. The maximum Gasteiger partial charge on any atom is 0.306 e. The van der Waals surface area contributed by atoms with E-state index in [1.807, 2.05) is 0 Å². The number of hydrogen-bond acceptors (Lipinski definition) is 6. The van der Waals surface area contributed by atoms with Crippen molar-refractivity contribution < 1.29 is 28.6 Å². The molecule has 6 nitrogen and oxygen atoms in total. The van der Waals surface area contributed by atoms with Gasteiger partial charge in [0.25, 0.3) is 0 Å². The lowest BCUT2D eigenvalue weighted by atomic mass is 10.0. The third-order valence-electron chi connectivity index (χ3n) is 12.0. The van der Waals surface area contributed by atoms with Gasteiger partial charge in [0, 0.05) is 19.3 Å². The van der Waals surface area contributed by atoms with Crippen LogP contribution < -0.4 is 0 Å². The fourth-order valence-electron chi connectivity index (χ4n) is 8.04. The average Bonchev–Trinajstić information content (AvgIpc) is 3.22. The summed E-state index contributed by atoms with van der Waals surface area (Å²) < 4.78 is 16.8. The van der Waals surface area contributed by atoms with Crippen LogP contribution in [0.15, 0.2) is 0 Å². The largest absolute Gasteiger partial charge is 0.462 e. The lowest BCUT2D eigenvalue weighted by molar-refractivity contribution is -0.167. The maximum atomic E-state index is 12.8. The monoisotopic (exact) mass is 835 g/mol. The molecule has 59 heavy (non-hydrogen) atoms. The first kappa shape index (κ1) is 57.4. The van der Waals surface area contributed by atoms with Crippen molar-refractivity contribution in [1.29, 1.82) is 0 Å². The van der Waals surface area contributed by atoms with Crippen LogP contribution in [0.5, 0.6) is 0 Å². The molecular formula is C53H102O6. The number of carbonyl (C=O) groups is 3. The van der Waals surface area contributed by atoms with Crippen LogP contribution in [0.1, 0.15) is 297 Å². The molecule has 0 radical (unpaired) electrons. The summed E-state index contributed by atoms with van der Waals surface area (Å²) in [4.78, 5) is 37.9. The molecule has 0 fully saturated rings. The fourth-order valence-corrected chi connectivity index (χ4v) is 8.04. The highest BCUT2D eigenvalue weighted by Crippen LogP contribution is 2.17. The molecule has 0 saturated carbocycles. The van der Waals surface area contributed by atoms with Gasteiger partial charge in [-0.05, 0) is 25.2 Å². The summed E-state index contributed by atoms with van der Waals surface area (Å²) in [5.74, 6) is -0.0117. The van der Waals surface area contributed by atoms with E-state index in [1.54, 1.807) is 0 Å². The van der Waals surface area contributed by atoms with E-state index in [9.17, 15) is 14.4 Å². The van der Waals surface area contributed by atoms with Crippen molar-refractivity contribution in [2.45, 2.75) is 303 Å². The molecule has 1 atom stereocenters. The predicted molar refractivity (Wildman–Crippen MR) is 252 cm³/mol. The highest BCUT2D eigenvalue weighted by molar-refractivity contribution is 5.71. The molecule has 0 heterocycles. The summed E-state index contributed by atoms with van der Waals surface area (Å²) in [6.07, 6.45) is 49.5. The van der Waals surface area contributed by atoms with Crippen molar-refractivity contribution >= 4 is 17.9 Å². The highest BCUT2D eigenvalue weighted by atomic mass is 16.6. The highest BCUT2D eigenvalue weighted by Gasteiger charge is 2.19. The van der Waals surface area contributed by atoms with Crippen molar-refractivity contribution in [2.24, 2.45) is 5.92 Å². The van der Waals surface area contributed by atoms with Gasteiger partial charge in [0.2, 0.25) is 0 Å². The molecule has 0 spiro atoms.